The number of rotatable bonds is 12. The number of carbonyl (C=O) groups excluding carboxylic acids is 4. The Morgan fingerprint density at radius 1 is 0.822 bits per heavy atom. The molecule has 0 heterocycles. The molecule has 0 aliphatic carbocycles. The van der Waals surface area contributed by atoms with Crippen molar-refractivity contribution in [1.82, 2.24) is 15.5 Å². The van der Waals surface area contributed by atoms with Gasteiger partial charge in [-0.1, -0.05) is 69.3 Å². The molecule has 9 heteroatoms. The van der Waals surface area contributed by atoms with Gasteiger partial charge in [-0.25, -0.2) is 9.59 Å². The second-order valence-corrected chi connectivity index (χ2v) is 13.9. The predicted octanol–water partition coefficient (Wildman–Crippen LogP) is 6.20. The van der Waals surface area contributed by atoms with E-state index in [4.69, 9.17) is 9.47 Å². The number of hydrogen-bond donors (Lipinski definition) is 2. The average Bonchev–Trinajstić information content (AvgIpc) is 2.91. The largest absolute Gasteiger partial charge is 0.458 e. The number of esters is 1. The van der Waals surface area contributed by atoms with E-state index in [9.17, 15) is 19.2 Å². The van der Waals surface area contributed by atoms with E-state index in [0.29, 0.717) is 12.0 Å². The normalized spacial score (nSPS) is 13.8. The third-order valence-electron chi connectivity index (χ3n) is 7.14. The fourth-order valence-electron chi connectivity index (χ4n) is 4.92. The molecule has 0 fully saturated rings. The van der Waals surface area contributed by atoms with E-state index in [2.05, 4.69) is 10.6 Å². The van der Waals surface area contributed by atoms with Gasteiger partial charge >= 0.3 is 12.1 Å². The number of nitrogens with zero attached hydrogens (tertiary/aromatic N) is 1. The van der Waals surface area contributed by atoms with Crippen molar-refractivity contribution in [2.75, 3.05) is 6.54 Å². The molecule has 0 radical (unpaired) electrons. The SMILES string of the molecule is CCCN(C(=O)C(NC(=O)OC(C)(C)C)C(C)C)C(C(=O)NC(Cc1ccccc1)C(=O)OC(C)(C)C)c1cccc(C)c1C. The summed E-state index contributed by atoms with van der Waals surface area (Å²) in [5, 5.41) is 5.69. The molecule has 45 heavy (non-hydrogen) atoms. The summed E-state index contributed by atoms with van der Waals surface area (Å²) in [5.41, 5.74) is 1.76. The molecular formula is C36H53N3O6. The molecule has 248 valence electrons. The van der Waals surface area contributed by atoms with E-state index in [1.54, 1.807) is 41.5 Å². The van der Waals surface area contributed by atoms with Crippen LogP contribution in [0.2, 0.25) is 0 Å². The van der Waals surface area contributed by atoms with E-state index in [-0.39, 0.29) is 18.9 Å². The van der Waals surface area contributed by atoms with Crippen LogP contribution in [0.5, 0.6) is 0 Å². The van der Waals surface area contributed by atoms with Crippen LogP contribution in [0.15, 0.2) is 48.5 Å². The number of ether oxygens (including phenoxy) is 2. The van der Waals surface area contributed by atoms with Crippen LogP contribution in [0.3, 0.4) is 0 Å². The zero-order chi connectivity index (χ0) is 34.1. The van der Waals surface area contributed by atoms with Gasteiger partial charge in [-0.2, -0.15) is 0 Å². The molecular weight excluding hydrogens is 570 g/mol. The Bertz CT molecular complexity index is 1310. The van der Waals surface area contributed by atoms with Crippen LogP contribution in [0, 0.1) is 19.8 Å². The topological polar surface area (TPSA) is 114 Å². The van der Waals surface area contributed by atoms with Gasteiger partial charge in [-0.15, -0.1) is 0 Å². The Kier molecular flexibility index (Phi) is 13.2. The molecule has 2 aromatic carbocycles. The maximum Gasteiger partial charge on any atom is 0.408 e. The molecule has 0 saturated heterocycles. The summed E-state index contributed by atoms with van der Waals surface area (Å²) in [6.45, 7) is 20.2. The summed E-state index contributed by atoms with van der Waals surface area (Å²) in [6.07, 6.45) is 0.0425. The maximum atomic E-state index is 14.5. The average molecular weight is 624 g/mol. The summed E-state index contributed by atoms with van der Waals surface area (Å²) >= 11 is 0. The van der Waals surface area contributed by atoms with E-state index >= 15 is 0 Å². The van der Waals surface area contributed by atoms with Gasteiger partial charge in [0.2, 0.25) is 11.8 Å². The Balaban J connectivity index is 2.62. The van der Waals surface area contributed by atoms with Crippen LogP contribution < -0.4 is 10.6 Å². The van der Waals surface area contributed by atoms with Crippen molar-refractivity contribution in [3.05, 3.63) is 70.8 Å². The molecule has 0 aliphatic heterocycles. The lowest BCUT2D eigenvalue weighted by Gasteiger charge is -2.37. The third kappa shape index (κ3) is 11.5. The van der Waals surface area contributed by atoms with Crippen LogP contribution in [0.1, 0.15) is 97.0 Å². The lowest BCUT2D eigenvalue weighted by atomic mass is 9.93. The second-order valence-electron chi connectivity index (χ2n) is 13.9. The van der Waals surface area contributed by atoms with Crippen LogP contribution in [-0.4, -0.2) is 58.6 Å². The Labute approximate surface area is 269 Å². The Morgan fingerprint density at radius 3 is 1.96 bits per heavy atom. The number of hydrogen-bond acceptors (Lipinski definition) is 6. The molecule has 0 aromatic heterocycles. The van der Waals surface area contributed by atoms with Crippen LogP contribution in [0.25, 0.3) is 0 Å². The molecule has 2 rings (SSSR count). The zero-order valence-corrected chi connectivity index (χ0v) is 28.9. The molecule has 2 aromatic rings. The highest BCUT2D eigenvalue weighted by molar-refractivity contribution is 5.94. The van der Waals surface area contributed by atoms with E-state index in [1.807, 2.05) is 83.1 Å². The predicted molar refractivity (Wildman–Crippen MR) is 177 cm³/mol. The fraction of sp³-hybridized carbons (Fsp3) is 0.556. The molecule has 0 saturated carbocycles. The lowest BCUT2D eigenvalue weighted by molar-refractivity contribution is -0.159. The zero-order valence-electron chi connectivity index (χ0n) is 28.9. The number of amides is 3. The maximum absolute atomic E-state index is 14.5. The quantitative estimate of drug-likeness (QED) is 0.272. The summed E-state index contributed by atoms with van der Waals surface area (Å²) in [6, 6.07) is 12.0. The minimum absolute atomic E-state index is 0.206. The van der Waals surface area contributed by atoms with Gasteiger partial charge in [0, 0.05) is 13.0 Å². The standard InChI is InChI=1S/C36H53N3O6/c1-12-21-39(32(41)29(23(2)3)38-34(43)45-36(9,10)11)30(27-20-16-17-24(4)25(27)5)31(40)37-28(33(42)44-35(6,7)8)22-26-18-14-13-15-19-26/h13-20,23,28-30H,12,21-22H2,1-11H3,(H,37,40)(H,38,43). The molecule has 3 unspecified atom stereocenters. The molecule has 2 N–H and O–H groups in total. The van der Waals surface area contributed by atoms with E-state index < -0.39 is 53.2 Å². The summed E-state index contributed by atoms with van der Waals surface area (Å²) < 4.78 is 11.2. The molecule has 9 nitrogen and oxygen atoms in total. The van der Waals surface area contributed by atoms with Crippen LogP contribution >= 0.6 is 0 Å². The first kappa shape index (κ1) is 37.3. The number of carbonyl (C=O) groups is 4. The second kappa shape index (κ2) is 15.9. The molecule has 0 spiro atoms. The van der Waals surface area contributed by atoms with Gasteiger partial charge in [-0.05, 0) is 90.0 Å². The Morgan fingerprint density at radius 2 is 1.42 bits per heavy atom. The van der Waals surface area contributed by atoms with Crippen LogP contribution in [0.4, 0.5) is 4.79 Å². The summed E-state index contributed by atoms with van der Waals surface area (Å²) in [5.74, 6) is -1.81. The highest BCUT2D eigenvalue weighted by Crippen LogP contribution is 2.29. The number of nitrogens with one attached hydrogen (secondary N) is 2. The minimum Gasteiger partial charge on any atom is -0.458 e. The smallest absolute Gasteiger partial charge is 0.408 e. The monoisotopic (exact) mass is 623 g/mol. The van der Waals surface area contributed by atoms with Gasteiger partial charge in [0.25, 0.3) is 0 Å². The van der Waals surface area contributed by atoms with Gasteiger partial charge in [-0.3, -0.25) is 9.59 Å². The lowest BCUT2D eigenvalue weighted by Crippen LogP contribution is -2.56. The summed E-state index contributed by atoms with van der Waals surface area (Å²) in [4.78, 5) is 56.6. The van der Waals surface area contributed by atoms with Gasteiger partial charge in [0.15, 0.2) is 0 Å². The van der Waals surface area contributed by atoms with Crippen molar-refractivity contribution < 1.29 is 28.7 Å². The highest BCUT2D eigenvalue weighted by Gasteiger charge is 2.39. The van der Waals surface area contributed by atoms with Crippen molar-refractivity contribution in [2.45, 2.75) is 118 Å². The Hall–Kier alpha value is -3.88. The number of aryl methyl sites for hydroxylation is 1. The van der Waals surface area contributed by atoms with E-state index in [1.165, 1.54) is 4.90 Å². The number of alkyl carbamates (subject to hydrolysis) is 1. The molecule has 0 aliphatic rings. The van der Waals surface area contributed by atoms with Gasteiger partial charge in [0.1, 0.15) is 29.3 Å². The van der Waals surface area contributed by atoms with Crippen LogP contribution in [-0.2, 0) is 30.3 Å². The first-order valence-electron chi connectivity index (χ1n) is 15.8. The third-order valence-corrected chi connectivity index (χ3v) is 7.14. The summed E-state index contributed by atoms with van der Waals surface area (Å²) in [7, 11) is 0. The molecule has 3 amide bonds. The van der Waals surface area contributed by atoms with Crippen molar-refractivity contribution in [1.29, 1.82) is 0 Å². The van der Waals surface area contributed by atoms with Crippen molar-refractivity contribution in [2.24, 2.45) is 5.92 Å². The molecule has 0 bridgehead atoms. The van der Waals surface area contributed by atoms with Crippen molar-refractivity contribution >= 4 is 23.9 Å². The highest BCUT2D eigenvalue weighted by atomic mass is 16.6. The fourth-order valence-corrected chi connectivity index (χ4v) is 4.92. The number of benzene rings is 2. The molecule has 3 atom stereocenters. The first-order chi connectivity index (χ1) is 20.8. The first-order valence-corrected chi connectivity index (χ1v) is 15.8. The van der Waals surface area contributed by atoms with E-state index in [0.717, 1.165) is 16.7 Å². The minimum atomic E-state index is -1.08. The van der Waals surface area contributed by atoms with Gasteiger partial charge in [0.05, 0.1) is 0 Å². The van der Waals surface area contributed by atoms with Crippen molar-refractivity contribution in [3.63, 3.8) is 0 Å². The van der Waals surface area contributed by atoms with Gasteiger partial charge < -0.3 is 25.0 Å². The van der Waals surface area contributed by atoms with Crippen molar-refractivity contribution in [3.8, 4) is 0 Å².